The molecule has 6 unspecified atom stereocenters. The summed E-state index contributed by atoms with van der Waals surface area (Å²) in [7, 11) is 1.50. The number of ether oxygens (including phenoxy) is 2. The van der Waals surface area contributed by atoms with Crippen molar-refractivity contribution in [3.63, 3.8) is 0 Å². The van der Waals surface area contributed by atoms with Crippen LogP contribution in [0.4, 0.5) is 13.2 Å². The average Bonchev–Trinajstić information content (AvgIpc) is 3.00. The number of thioether (sulfide) groups is 1. The molecule has 1 aromatic carbocycles. The van der Waals surface area contributed by atoms with Crippen LogP contribution in [-0.2, 0) is 4.74 Å². The number of para-hydroxylation sites is 1. The maximum Gasteiger partial charge on any atom is 0.428 e. The Bertz CT molecular complexity index is 631. The van der Waals surface area contributed by atoms with E-state index in [0.717, 1.165) is 11.8 Å². The molecule has 2 fully saturated rings. The molecular formula is C15H17F3N2O4S. The third-order valence-corrected chi connectivity index (χ3v) is 5.15. The summed E-state index contributed by atoms with van der Waals surface area (Å²) >= 11 is 1.06. The molecule has 6 atom stereocenters. The normalized spacial score (nSPS) is 35.1. The van der Waals surface area contributed by atoms with Crippen molar-refractivity contribution in [3.05, 3.63) is 30.3 Å². The van der Waals surface area contributed by atoms with Gasteiger partial charge in [-0.15, -0.1) is 0 Å². The van der Waals surface area contributed by atoms with Gasteiger partial charge in [0, 0.05) is 7.05 Å². The maximum absolute atomic E-state index is 13.5. The molecule has 2 saturated heterocycles. The van der Waals surface area contributed by atoms with Crippen LogP contribution in [0.2, 0.25) is 0 Å². The molecule has 0 radical (unpaired) electrons. The Morgan fingerprint density at radius 1 is 1.24 bits per heavy atom. The largest absolute Gasteiger partial charge is 0.478 e. The number of alkyl halides is 3. The van der Waals surface area contributed by atoms with Crippen LogP contribution >= 0.6 is 11.8 Å². The number of aliphatic imine (C=N–C) groups is 1. The number of fused-ring (bicyclic) bond motifs is 1. The molecule has 3 N–H and O–H groups in total. The van der Waals surface area contributed by atoms with Crippen LogP contribution < -0.4 is 10.1 Å². The first kappa shape index (κ1) is 18.3. The Balaban J connectivity index is 1.85. The molecule has 0 saturated carbocycles. The summed E-state index contributed by atoms with van der Waals surface area (Å²) in [6.07, 6.45) is -12.2. The molecule has 2 aliphatic rings. The average molecular weight is 378 g/mol. The Kier molecular flexibility index (Phi) is 5.14. The molecule has 2 aliphatic heterocycles. The number of benzene rings is 1. The fourth-order valence-corrected chi connectivity index (χ4v) is 3.85. The molecule has 0 bridgehead atoms. The van der Waals surface area contributed by atoms with Crippen LogP contribution in [0, 0.1) is 0 Å². The Hall–Kier alpha value is -1.49. The maximum atomic E-state index is 13.5. The van der Waals surface area contributed by atoms with E-state index in [-0.39, 0.29) is 5.75 Å². The Morgan fingerprint density at radius 2 is 1.92 bits per heavy atom. The second-order valence-electron chi connectivity index (χ2n) is 5.66. The van der Waals surface area contributed by atoms with Crippen LogP contribution in [0.25, 0.3) is 0 Å². The van der Waals surface area contributed by atoms with Crippen LogP contribution in [-0.4, -0.2) is 64.5 Å². The summed E-state index contributed by atoms with van der Waals surface area (Å²) in [5.41, 5.74) is -0.814. The van der Waals surface area contributed by atoms with Crippen LogP contribution in [0.5, 0.6) is 5.75 Å². The van der Waals surface area contributed by atoms with Crippen molar-refractivity contribution in [1.82, 2.24) is 5.32 Å². The lowest BCUT2D eigenvalue weighted by Crippen LogP contribution is -2.64. The molecule has 138 valence electrons. The first-order valence-corrected chi connectivity index (χ1v) is 8.39. The standard InChI is InChI=1S/C15H17F3N2O4S/c1-19-14-20-8-9(21)10(22)11(24-13(8)25-14)12(15(16,17)18)23-7-5-3-2-4-6-7/h2-6,8-13,21-22H,1H3,(H,19,20). The van der Waals surface area contributed by atoms with Gasteiger partial charge in [0.1, 0.15) is 29.5 Å². The Labute approximate surface area is 146 Å². The van der Waals surface area contributed by atoms with E-state index >= 15 is 0 Å². The molecule has 6 nitrogen and oxygen atoms in total. The molecular weight excluding hydrogens is 361 g/mol. The zero-order valence-corrected chi connectivity index (χ0v) is 13.9. The summed E-state index contributed by atoms with van der Waals surface area (Å²) in [5, 5.41) is 23.7. The van der Waals surface area contributed by atoms with Gasteiger partial charge in [-0.3, -0.25) is 4.99 Å². The minimum absolute atomic E-state index is 0.00903. The molecule has 10 heteroatoms. The van der Waals surface area contributed by atoms with E-state index in [1.807, 2.05) is 0 Å². The second-order valence-corrected chi connectivity index (χ2v) is 6.75. The van der Waals surface area contributed by atoms with Crippen LogP contribution in [0.3, 0.4) is 0 Å². The van der Waals surface area contributed by atoms with Crippen molar-refractivity contribution >= 4 is 16.9 Å². The van der Waals surface area contributed by atoms with Gasteiger partial charge in [-0.1, -0.05) is 30.0 Å². The van der Waals surface area contributed by atoms with Gasteiger partial charge in [0.25, 0.3) is 0 Å². The number of hydrogen-bond donors (Lipinski definition) is 3. The lowest BCUT2D eigenvalue weighted by molar-refractivity contribution is -0.264. The van der Waals surface area contributed by atoms with E-state index in [1.165, 1.54) is 31.3 Å². The summed E-state index contributed by atoms with van der Waals surface area (Å²) in [4.78, 5) is 3.90. The third-order valence-electron chi connectivity index (χ3n) is 3.99. The van der Waals surface area contributed by atoms with Gasteiger partial charge in [-0.25, -0.2) is 0 Å². The highest BCUT2D eigenvalue weighted by atomic mass is 32.2. The van der Waals surface area contributed by atoms with E-state index in [1.54, 1.807) is 6.07 Å². The highest BCUT2D eigenvalue weighted by molar-refractivity contribution is 8.14. The summed E-state index contributed by atoms with van der Waals surface area (Å²) in [5.74, 6) is -0.00903. The number of nitrogens with one attached hydrogen (secondary N) is 1. The smallest absolute Gasteiger partial charge is 0.428 e. The SMILES string of the molecule is CN=C1NC2C(OC(C(Oc3ccccc3)C(F)(F)F)C(O)C2O)S1. The lowest BCUT2D eigenvalue weighted by atomic mass is 9.94. The highest BCUT2D eigenvalue weighted by Gasteiger charge is 2.58. The van der Waals surface area contributed by atoms with Crippen molar-refractivity contribution in [1.29, 1.82) is 0 Å². The van der Waals surface area contributed by atoms with Gasteiger partial charge in [0.15, 0.2) is 5.17 Å². The van der Waals surface area contributed by atoms with E-state index < -0.39 is 42.1 Å². The second kappa shape index (κ2) is 7.02. The molecule has 0 aromatic heterocycles. The predicted octanol–water partition coefficient (Wildman–Crippen LogP) is 1.13. The topological polar surface area (TPSA) is 83.3 Å². The van der Waals surface area contributed by atoms with Crippen molar-refractivity contribution in [2.45, 2.75) is 42.1 Å². The van der Waals surface area contributed by atoms with E-state index in [4.69, 9.17) is 9.47 Å². The lowest BCUT2D eigenvalue weighted by Gasteiger charge is -2.42. The van der Waals surface area contributed by atoms with Gasteiger partial charge in [0.05, 0.1) is 6.04 Å². The van der Waals surface area contributed by atoms with Gasteiger partial charge >= 0.3 is 6.18 Å². The Morgan fingerprint density at radius 3 is 2.52 bits per heavy atom. The van der Waals surface area contributed by atoms with Crippen LogP contribution in [0.15, 0.2) is 35.3 Å². The molecule has 25 heavy (non-hydrogen) atoms. The number of amidine groups is 1. The first-order valence-electron chi connectivity index (χ1n) is 7.51. The molecule has 0 spiro atoms. The molecule has 3 rings (SSSR count). The molecule has 1 aromatic rings. The van der Waals surface area contributed by atoms with E-state index in [0.29, 0.717) is 5.17 Å². The molecule has 2 heterocycles. The quantitative estimate of drug-likeness (QED) is 0.732. The van der Waals surface area contributed by atoms with Gasteiger partial charge in [0.2, 0.25) is 6.10 Å². The van der Waals surface area contributed by atoms with E-state index in [9.17, 15) is 23.4 Å². The monoisotopic (exact) mass is 378 g/mol. The van der Waals surface area contributed by atoms with Crippen LogP contribution in [0.1, 0.15) is 0 Å². The molecule has 0 amide bonds. The zero-order valence-electron chi connectivity index (χ0n) is 13.1. The first-order chi connectivity index (χ1) is 11.8. The summed E-state index contributed by atoms with van der Waals surface area (Å²) in [6.45, 7) is 0. The minimum Gasteiger partial charge on any atom is -0.478 e. The fourth-order valence-electron chi connectivity index (χ4n) is 2.76. The fraction of sp³-hybridized carbons (Fsp3) is 0.533. The van der Waals surface area contributed by atoms with Gasteiger partial charge in [-0.05, 0) is 12.1 Å². The third kappa shape index (κ3) is 3.71. The van der Waals surface area contributed by atoms with Gasteiger partial charge in [-0.2, -0.15) is 13.2 Å². The van der Waals surface area contributed by atoms with E-state index in [2.05, 4.69) is 10.3 Å². The van der Waals surface area contributed by atoms with Crippen molar-refractivity contribution in [2.75, 3.05) is 7.05 Å². The number of halogens is 3. The summed E-state index contributed by atoms with van der Waals surface area (Å²) in [6, 6.07) is 6.71. The number of aliphatic hydroxyl groups excluding tert-OH is 2. The van der Waals surface area contributed by atoms with Gasteiger partial charge < -0.3 is 25.0 Å². The number of hydrogen-bond acceptors (Lipinski definition) is 6. The summed E-state index contributed by atoms with van der Waals surface area (Å²) < 4.78 is 51.1. The minimum atomic E-state index is -4.80. The predicted molar refractivity (Wildman–Crippen MR) is 85.5 cm³/mol. The van der Waals surface area contributed by atoms with Crippen molar-refractivity contribution in [2.24, 2.45) is 4.99 Å². The molecule has 0 aliphatic carbocycles. The van der Waals surface area contributed by atoms with Crippen molar-refractivity contribution in [3.8, 4) is 5.75 Å². The number of nitrogens with zero attached hydrogens (tertiary/aromatic N) is 1. The number of aliphatic hydroxyl groups is 2. The number of rotatable bonds is 3. The highest BCUT2D eigenvalue weighted by Crippen LogP contribution is 2.39. The zero-order chi connectivity index (χ0) is 18.2. The van der Waals surface area contributed by atoms with Crippen molar-refractivity contribution < 1.29 is 32.9 Å².